The second-order valence-electron chi connectivity index (χ2n) is 7.84. The first-order valence-electron chi connectivity index (χ1n) is 10.6. The summed E-state index contributed by atoms with van der Waals surface area (Å²) in [5.74, 6) is 0.826. The molecule has 0 aliphatic rings. The van der Waals surface area contributed by atoms with Crippen LogP contribution in [0.4, 0.5) is 0 Å². The third kappa shape index (κ3) is 5.31. The minimum atomic E-state index is 0.0545. The number of benzene rings is 2. The Balaban J connectivity index is 1.43. The summed E-state index contributed by atoms with van der Waals surface area (Å²) in [6.07, 6.45) is 4.82. The lowest BCUT2D eigenvalue weighted by Gasteiger charge is -2.28. The average Bonchev–Trinajstić information content (AvgIpc) is 3.53. The maximum absolute atomic E-state index is 13.3. The quantitative estimate of drug-likeness (QED) is 0.401. The topological polar surface area (TPSA) is 67.4 Å². The molecule has 0 radical (unpaired) electrons. The van der Waals surface area contributed by atoms with Gasteiger partial charge in [-0.15, -0.1) is 0 Å². The molecule has 164 valence electrons. The molecule has 0 bridgehead atoms. The van der Waals surface area contributed by atoms with Crippen molar-refractivity contribution in [2.75, 3.05) is 13.6 Å². The van der Waals surface area contributed by atoms with E-state index in [1.54, 1.807) is 17.3 Å². The number of aromatic nitrogens is 3. The van der Waals surface area contributed by atoms with E-state index in [2.05, 4.69) is 34.0 Å². The van der Waals surface area contributed by atoms with Gasteiger partial charge in [0.1, 0.15) is 18.4 Å². The zero-order valence-corrected chi connectivity index (χ0v) is 18.3. The van der Waals surface area contributed by atoms with Crippen molar-refractivity contribution < 1.29 is 9.21 Å². The molecular formula is C25H27N5O2. The summed E-state index contributed by atoms with van der Waals surface area (Å²) < 4.78 is 7.22. The standard InChI is InChI=1S/C25H27N5O2/c1-20(22-10-12-23(13-11-22)30-19-26-18-27-30)28(2)17-25(31)29(16-24-9-6-14-32-24)15-21-7-4-3-5-8-21/h3-14,18-20H,15-17H2,1-2H3/t20-/m0/s1. The lowest BCUT2D eigenvalue weighted by molar-refractivity contribution is -0.134. The van der Waals surface area contributed by atoms with Gasteiger partial charge in [-0.3, -0.25) is 9.69 Å². The van der Waals surface area contributed by atoms with E-state index in [0.29, 0.717) is 19.6 Å². The smallest absolute Gasteiger partial charge is 0.237 e. The van der Waals surface area contributed by atoms with Crippen LogP contribution < -0.4 is 0 Å². The van der Waals surface area contributed by atoms with Gasteiger partial charge in [-0.05, 0) is 49.4 Å². The highest BCUT2D eigenvalue weighted by atomic mass is 16.3. The van der Waals surface area contributed by atoms with E-state index < -0.39 is 0 Å². The Bertz CT molecular complexity index is 1090. The summed E-state index contributed by atoms with van der Waals surface area (Å²) >= 11 is 0. The van der Waals surface area contributed by atoms with Crippen molar-refractivity contribution >= 4 is 5.91 Å². The zero-order valence-electron chi connectivity index (χ0n) is 18.3. The van der Waals surface area contributed by atoms with E-state index >= 15 is 0 Å². The van der Waals surface area contributed by atoms with Gasteiger partial charge in [0.2, 0.25) is 5.91 Å². The summed E-state index contributed by atoms with van der Waals surface area (Å²) in [6, 6.07) is 22.0. The summed E-state index contributed by atoms with van der Waals surface area (Å²) in [6.45, 7) is 3.39. The van der Waals surface area contributed by atoms with Crippen LogP contribution in [0.5, 0.6) is 0 Å². The third-order valence-corrected chi connectivity index (χ3v) is 5.60. The third-order valence-electron chi connectivity index (χ3n) is 5.60. The lowest BCUT2D eigenvalue weighted by atomic mass is 10.1. The Kier molecular flexibility index (Phi) is 6.77. The lowest BCUT2D eigenvalue weighted by Crippen LogP contribution is -2.39. The fourth-order valence-electron chi connectivity index (χ4n) is 3.58. The number of amides is 1. The van der Waals surface area contributed by atoms with Crippen LogP contribution in [0.15, 0.2) is 90.1 Å². The number of carbonyl (C=O) groups excluding carboxylic acids is 1. The van der Waals surface area contributed by atoms with Crippen LogP contribution in [-0.2, 0) is 17.9 Å². The van der Waals surface area contributed by atoms with Crippen LogP contribution in [0.25, 0.3) is 5.69 Å². The Morgan fingerprint density at radius 1 is 1.03 bits per heavy atom. The summed E-state index contributed by atoms with van der Waals surface area (Å²) in [7, 11) is 1.97. The van der Waals surface area contributed by atoms with Crippen LogP contribution in [0.2, 0.25) is 0 Å². The Labute approximate surface area is 187 Å². The molecule has 2 heterocycles. The van der Waals surface area contributed by atoms with Crippen LogP contribution in [0, 0.1) is 0 Å². The van der Waals surface area contributed by atoms with Gasteiger partial charge >= 0.3 is 0 Å². The second-order valence-corrected chi connectivity index (χ2v) is 7.84. The molecule has 4 aromatic rings. The minimum Gasteiger partial charge on any atom is -0.467 e. The molecule has 0 N–H and O–H groups in total. The number of hydrogen-bond donors (Lipinski definition) is 0. The molecule has 0 spiro atoms. The number of nitrogens with zero attached hydrogens (tertiary/aromatic N) is 5. The van der Waals surface area contributed by atoms with Gasteiger partial charge in [-0.2, -0.15) is 5.10 Å². The maximum Gasteiger partial charge on any atom is 0.237 e. The van der Waals surface area contributed by atoms with E-state index in [9.17, 15) is 4.79 Å². The van der Waals surface area contributed by atoms with Gasteiger partial charge in [-0.1, -0.05) is 42.5 Å². The fraction of sp³-hybridized carbons (Fsp3) is 0.240. The summed E-state index contributed by atoms with van der Waals surface area (Å²) in [4.78, 5) is 21.1. The molecule has 0 fully saturated rings. The molecule has 0 saturated carbocycles. The highest BCUT2D eigenvalue weighted by Gasteiger charge is 2.21. The SMILES string of the molecule is C[C@@H](c1ccc(-n2cncn2)cc1)N(C)CC(=O)N(Cc1ccccc1)Cc1ccco1. The monoisotopic (exact) mass is 429 g/mol. The molecule has 2 aromatic carbocycles. The molecule has 1 atom stereocenters. The van der Waals surface area contributed by atoms with Gasteiger partial charge in [0.05, 0.1) is 25.0 Å². The average molecular weight is 430 g/mol. The van der Waals surface area contributed by atoms with Crippen LogP contribution in [-0.4, -0.2) is 44.1 Å². The predicted molar refractivity (Wildman–Crippen MR) is 122 cm³/mol. The number of likely N-dealkylation sites (N-methyl/N-ethyl adjacent to an activating group) is 1. The first kappa shape index (κ1) is 21.5. The highest BCUT2D eigenvalue weighted by Crippen LogP contribution is 2.21. The number of hydrogen-bond acceptors (Lipinski definition) is 5. The molecule has 0 aliphatic carbocycles. The zero-order chi connectivity index (χ0) is 22.3. The van der Waals surface area contributed by atoms with Crippen molar-refractivity contribution in [3.05, 3.63) is 103 Å². The van der Waals surface area contributed by atoms with E-state index in [1.807, 2.05) is 66.5 Å². The number of furan rings is 1. The Hall–Kier alpha value is -3.71. The molecule has 7 nitrogen and oxygen atoms in total. The second kappa shape index (κ2) is 10.1. The summed E-state index contributed by atoms with van der Waals surface area (Å²) in [5, 5.41) is 4.16. The van der Waals surface area contributed by atoms with E-state index in [-0.39, 0.29) is 11.9 Å². The Morgan fingerprint density at radius 3 is 2.47 bits per heavy atom. The van der Waals surface area contributed by atoms with Crippen LogP contribution in [0.3, 0.4) is 0 Å². The van der Waals surface area contributed by atoms with Gasteiger partial charge in [0.25, 0.3) is 0 Å². The van der Waals surface area contributed by atoms with Gasteiger partial charge < -0.3 is 9.32 Å². The summed E-state index contributed by atoms with van der Waals surface area (Å²) in [5.41, 5.74) is 3.17. The molecule has 0 unspecified atom stereocenters. The number of carbonyl (C=O) groups is 1. The molecule has 32 heavy (non-hydrogen) atoms. The molecule has 1 amide bonds. The molecule has 0 saturated heterocycles. The van der Waals surface area contributed by atoms with Crippen molar-refractivity contribution in [3.8, 4) is 5.69 Å². The van der Waals surface area contributed by atoms with E-state index in [0.717, 1.165) is 22.6 Å². The van der Waals surface area contributed by atoms with Crippen molar-refractivity contribution in [1.82, 2.24) is 24.6 Å². The van der Waals surface area contributed by atoms with Gasteiger partial charge in [0.15, 0.2) is 0 Å². The Morgan fingerprint density at radius 2 is 1.81 bits per heavy atom. The van der Waals surface area contributed by atoms with Gasteiger partial charge in [-0.25, -0.2) is 9.67 Å². The van der Waals surface area contributed by atoms with Crippen molar-refractivity contribution in [1.29, 1.82) is 0 Å². The molecule has 2 aromatic heterocycles. The molecule has 4 rings (SSSR count). The normalized spacial score (nSPS) is 12.1. The molecular weight excluding hydrogens is 402 g/mol. The van der Waals surface area contributed by atoms with Crippen molar-refractivity contribution in [2.45, 2.75) is 26.1 Å². The van der Waals surface area contributed by atoms with E-state index in [4.69, 9.17) is 4.42 Å². The number of rotatable bonds is 9. The molecule has 0 aliphatic heterocycles. The highest BCUT2D eigenvalue weighted by molar-refractivity contribution is 5.78. The van der Waals surface area contributed by atoms with Crippen molar-refractivity contribution in [2.24, 2.45) is 0 Å². The first-order chi connectivity index (χ1) is 15.6. The minimum absolute atomic E-state index is 0.0545. The maximum atomic E-state index is 13.3. The van der Waals surface area contributed by atoms with Crippen LogP contribution >= 0.6 is 0 Å². The van der Waals surface area contributed by atoms with E-state index in [1.165, 1.54) is 6.33 Å². The first-order valence-corrected chi connectivity index (χ1v) is 10.6. The van der Waals surface area contributed by atoms with Gasteiger partial charge in [0, 0.05) is 12.6 Å². The predicted octanol–water partition coefficient (Wildman–Crippen LogP) is 4.08. The van der Waals surface area contributed by atoms with Crippen molar-refractivity contribution in [3.63, 3.8) is 0 Å². The van der Waals surface area contributed by atoms with Crippen LogP contribution in [0.1, 0.15) is 29.9 Å². The molecule has 7 heteroatoms. The largest absolute Gasteiger partial charge is 0.467 e. The fourth-order valence-corrected chi connectivity index (χ4v) is 3.58.